The Morgan fingerprint density at radius 1 is 1.06 bits per heavy atom. The minimum absolute atomic E-state index is 0.153. The monoisotopic (exact) mass is 253 g/mol. The molecular weight excluding hydrogens is 229 g/mol. The van der Waals surface area contributed by atoms with E-state index in [0.717, 1.165) is 32.5 Å². The van der Waals surface area contributed by atoms with E-state index in [4.69, 9.17) is 5.73 Å². The van der Waals surface area contributed by atoms with E-state index in [9.17, 15) is 4.39 Å². The molecule has 0 saturated heterocycles. The molecule has 0 aliphatic heterocycles. The van der Waals surface area contributed by atoms with Gasteiger partial charge in [-0.05, 0) is 52.2 Å². The van der Waals surface area contributed by atoms with Crippen molar-refractivity contribution in [2.75, 3.05) is 45.2 Å². The quantitative estimate of drug-likeness (QED) is 0.768. The van der Waals surface area contributed by atoms with Gasteiger partial charge >= 0.3 is 0 Å². The Hall–Kier alpha value is -1.13. The van der Waals surface area contributed by atoms with Crippen LogP contribution in [0.3, 0.4) is 0 Å². The zero-order valence-electron chi connectivity index (χ0n) is 11.4. The Balaban J connectivity index is 2.62. The molecule has 0 atom stereocenters. The second-order valence-electron chi connectivity index (χ2n) is 4.74. The van der Waals surface area contributed by atoms with Crippen molar-refractivity contribution in [1.29, 1.82) is 0 Å². The number of hydrogen-bond donors (Lipinski definition) is 1. The van der Waals surface area contributed by atoms with E-state index < -0.39 is 0 Å². The SMILES string of the molecule is CN(C)CCCN(CCCN)c1ccccc1F. The zero-order valence-corrected chi connectivity index (χ0v) is 11.4. The van der Waals surface area contributed by atoms with Crippen molar-refractivity contribution in [3.8, 4) is 0 Å². The van der Waals surface area contributed by atoms with E-state index in [1.54, 1.807) is 6.07 Å². The van der Waals surface area contributed by atoms with Gasteiger partial charge in [0.2, 0.25) is 0 Å². The van der Waals surface area contributed by atoms with Crippen LogP contribution in [-0.2, 0) is 0 Å². The summed E-state index contributed by atoms with van der Waals surface area (Å²) in [5.74, 6) is -0.153. The first kappa shape index (κ1) is 14.9. The summed E-state index contributed by atoms with van der Waals surface area (Å²) in [4.78, 5) is 4.23. The molecule has 0 saturated carbocycles. The van der Waals surface area contributed by atoms with Crippen LogP contribution in [0.25, 0.3) is 0 Å². The summed E-state index contributed by atoms with van der Waals surface area (Å²) in [6.45, 7) is 3.32. The summed E-state index contributed by atoms with van der Waals surface area (Å²) >= 11 is 0. The molecule has 102 valence electrons. The summed E-state index contributed by atoms with van der Waals surface area (Å²) in [5, 5.41) is 0. The highest BCUT2D eigenvalue weighted by Gasteiger charge is 2.10. The molecule has 1 aromatic rings. The van der Waals surface area contributed by atoms with Gasteiger partial charge in [0.05, 0.1) is 5.69 Å². The maximum Gasteiger partial charge on any atom is 0.146 e. The van der Waals surface area contributed by atoms with Crippen molar-refractivity contribution < 1.29 is 4.39 Å². The largest absolute Gasteiger partial charge is 0.369 e. The molecule has 3 nitrogen and oxygen atoms in total. The molecule has 0 amide bonds. The van der Waals surface area contributed by atoms with Gasteiger partial charge in [0, 0.05) is 13.1 Å². The molecule has 1 aromatic carbocycles. The standard InChI is InChI=1S/C14H24FN3/c1-17(2)10-6-12-18(11-5-9-16)14-8-4-3-7-13(14)15/h3-4,7-8H,5-6,9-12,16H2,1-2H3. The molecule has 0 heterocycles. The first-order chi connectivity index (χ1) is 8.65. The van der Waals surface area contributed by atoms with Gasteiger partial charge in [-0.3, -0.25) is 0 Å². The summed E-state index contributed by atoms with van der Waals surface area (Å²) in [7, 11) is 4.10. The van der Waals surface area contributed by atoms with Crippen LogP contribution in [0.2, 0.25) is 0 Å². The summed E-state index contributed by atoms with van der Waals surface area (Å²) in [5.41, 5.74) is 6.23. The number of halogens is 1. The molecule has 0 unspecified atom stereocenters. The summed E-state index contributed by atoms with van der Waals surface area (Å²) < 4.78 is 13.8. The van der Waals surface area contributed by atoms with Crippen LogP contribution < -0.4 is 10.6 Å². The molecule has 2 N–H and O–H groups in total. The fourth-order valence-corrected chi connectivity index (χ4v) is 1.92. The zero-order chi connectivity index (χ0) is 13.4. The molecule has 18 heavy (non-hydrogen) atoms. The molecule has 1 rings (SSSR count). The van der Waals surface area contributed by atoms with Crippen molar-refractivity contribution in [2.45, 2.75) is 12.8 Å². The number of nitrogens with zero attached hydrogens (tertiary/aromatic N) is 2. The van der Waals surface area contributed by atoms with E-state index in [1.807, 2.05) is 26.2 Å². The van der Waals surface area contributed by atoms with Crippen molar-refractivity contribution in [2.24, 2.45) is 5.73 Å². The van der Waals surface area contributed by atoms with E-state index in [1.165, 1.54) is 6.07 Å². The van der Waals surface area contributed by atoms with Gasteiger partial charge in [-0.25, -0.2) is 4.39 Å². The van der Waals surface area contributed by atoms with Gasteiger partial charge in [-0.2, -0.15) is 0 Å². The highest BCUT2D eigenvalue weighted by molar-refractivity contribution is 5.47. The van der Waals surface area contributed by atoms with Gasteiger partial charge in [0.15, 0.2) is 0 Å². The first-order valence-electron chi connectivity index (χ1n) is 6.49. The second kappa shape index (κ2) is 8.06. The Bertz CT molecular complexity index is 342. The number of para-hydroxylation sites is 1. The van der Waals surface area contributed by atoms with E-state index in [-0.39, 0.29) is 5.82 Å². The van der Waals surface area contributed by atoms with Crippen molar-refractivity contribution in [1.82, 2.24) is 4.90 Å². The first-order valence-corrected chi connectivity index (χ1v) is 6.49. The van der Waals surface area contributed by atoms with E-state index in [0.29, 0.717) is 12.2 Å². The number of hydrogen-bond acceptors (Lipinski definition) is 3. The lowest BCUT2D eigenvalue weighted by Crippen LogP contribution is -2.30. The second-order valence-corrected chi connectivity index (χ2v) is 4.74. The van der Waals surface area contributed by atoms with Gasteiger partial charge in [0.1, 0.15) is 5.82 Å². The van der Waals surface area contributed by atoms with Crippen LogP contribution in [0.5, 0.6) is 0 Å². The Morgan fingerprint density at radius 2 is 1.72 bits per heavy atom. The molecule has 0 aliphatic rings. The summed E-state index contributed by atoms with van der Waals surface area (Å²) in [6, 6.07) is 6.94. The third kappa shape index (κ3) is 5.02. The number of nitrogens with two attached hydrogens (primary N) is 1. The molecule has 0 radical (unpaired) electrons. The topological polar surface area (TPSA) is 32.5 Å². The predicted octanol–water partition coefficient (Wildman–Crippen LogP) is 1.93. The smallest absolute Gasteiger partial charge is 0.146 e. The molecule has 0 spiro atoms. The number of anilines is 1. The van der Waals surface area contributed by atoms with Crippen LogP contribution >= 0.6 is 0 Å². The molecule has 0 bridgehead atoms. The summed E-state index contributed by atoms with van der Waals surface area (Å²) in [6.07, 6.45) is 1.90. The lowest BCUT2D eigenvalue weighted by Gasteiger charge is -2.25. The Kier molecular flexibility index (Phi) is 6.68. The van der Waals surface area contributed by atoms with Gasteiger partial charge in [0.25, 0.3) is 0 Å². The van der Waals surface area contributed by atoms with Crippen molar-refractivity contribution in [3.05, 3.63) is 30.1 Å². The molecule has 0 fully saturated rings. The van der Waals surface area contributed by atoms with E-state index >= 15 is 0 Å². The Morgan fingerprint density at radius 3 is 2.33 bits per heavy atom. The number of benzene rings is 1. The van der Waals surface area contributed by atoms with Crippen LogP contribution in [0.1, 0.15) is 12.8 Å². The van der Waals surface area contributed by atoms with Crippen molar-refractivity contribution >= 4 is 5.69 Å². The predicted molar refractivity (Wildman–Crippen MR) is 75.5 cm³/mol. The normalized spacial score (nSPS) is 10.9. The maximum absolute atomic E-state index is 13.8. The van der Waals surface area contributed by atoms with Crippen LogP contribution in [0.4, 0.5) is 10.1 Å². The van der Waals surface area contributed by atoms with Crippen LogP contribution in [0, 0.1) is 5.82 Å². The third-order valence-corrected chi connectivity index (χ3v) is 2.86. The van der Waals surface area contributed by atoms with E-state index in [2.05, 4.69) is 9.80 Å². The minimum Gasteiger partial charge on any atom is -0.369 e. The highest BCUT2D eigenvalue weighted by Crippen LogP contribution is 2.19. The molecular formula is C14H24FN3. The fraction of sp³-hybridized carbons (Fsp3) is 0.571. The lowest BCUT2D eigenvalue weighted by molar-refractivity contribution is 0.399. The Labute approximate surface area is 109 Å². The van der Waals surface area contributed by atoms with Gasteiger partial charge < -0.3 is 15.5 Å². The average Bonchev–Trinajstić information content (AvgIpc) is 2.34. The fourth-order valence-electron chi connectivity index (χ4n) is 1.92. The third-order valence-electron chi connectivity index (χ3n) is 2.86. The minimum atomic E-state index is -0.153. The molecule has 0 aromatic heterocycles. The maximum atomic E-state index is 13.8. The number of rotatable bonds is 8. The van der Waals surface area contributed by atoms with Gasteiger partial charge in [-0.1, -0.05) is 12.1 Å². The van der Waals surface area contributed by atoms with Crippen LogP contribution in [-0.4, -0.2) is 45.2 Å². The average molecular weight is 253 g/mol. The lowest BCUT2D eigenvalue weighted by atomic mass is 10.2. The highest BCUT2D eigenvalue weighted by atomic mass is 19.1. The van der Waals surface area contributed by atoms with Crippen molar-refractivity contribution in [3.63, 3.8) is 0 Å². The molecule has 4 heteroatoms. The van der Waals surface area contributed by atoms with Crippen LogP contribution in [0.15, 0.2) is 24.3 Å². The molecule has 0 aliphatic carbocycles. The van der Waals surface area contributed by atoms with Gasteiger partial charge in [-0.15, -0.1) is 0 Å².